The average molecular weight is 542 g/mol. The van der Waals surface area contributed by atoms with Crippen LogP contribution in [0, 0.1) is 17.8 Å². The van der Waals surface area contributed by atoms with Gasteiger partial charge in [0.1, 0.15) is 0 Å². The van der Waals surface area contributed by atoms with Gasteiger partial charge < -0.3 is 24.6 Å². The Balaban J connectivity index is 1.54. The first-order chi connectivity index (χ1) is 18.8. The van der Waals surface area contributed by atoms with Crippen LogP contribution < -0.4 is 14.8 Å². The number of nitrogens with zero attached hydrogens (tertiary/aromatic N) is 2. The first kappa shape index (κ1) is 29.2. The average Bonchev–Trinajstić information content (AvgIpc) is 2.92. The van der Waals surface area contributed by atoms with Gasteiger partial charge in [0.2, 0.25) is 17.7 Å². The van der Waals surface area contributed by atoms with Gasteiger partial charge in [0.05, 0.1) is 14.2 Å². The van der Waals surface area contributed by atoms with Gasteiger partial charge in [0.15, 0.2) is 11.5 Å². The Morgan fingerprint density at radius 3 is 2.59 bits per heavy atom. The number of ether oxygens (including phenoxy) is 2. The van der Waals surface area contributed by atoms with E-state index in [0.717, 1.165) is 61.9 Å². The standard InChI is InChI=1S/C31H47N3O5/c1-21(2)10-12-29(36)33-18-23-16-25(20-33)26-8-5-9-28(35)32-14-6-7-24-15-22(11-13-30(37)34(26)19-23)17-27(38-3)31(24)39-4/h15,17,21,23,25-26H,5-14,16,18-20H2,1-4H3,(H,32,35)/t23-,25-,26-/m0/s1. The number of likely N-dealkylation sites (tertiary alicyclic amines) is 1. The predicted molar refractivity (Wildman–Crippen MR) is 151 cm³/mol. The molecule has 39 heavy (non-hydrogen) atoms. The maximum atomic E-state index is 13.7. The van der Waals surface area contributed by atoms with Crippen LogP contribution in [0.2, 0.25) is 0 Å². The van der Waals surface area contributed by atoms with Crippen molar-refractivity contribution in [3.05, 3.63) is 23.3 Å². The topological polar surface area (TPSA) is 88.2 Å². The molecule has 4 rings (SSSR count). The Morgan fingerprint density at radius 1 is 1.03 bits per heavy atom. The van der Waals surface area contributed by atoms with Gasteiger partial charge in [0.25, 0.3) is 0 Å². The van der Waals surface area contributed by atoms with Crippen LogP contribution in [0.4, 0.5) is 0 Å². The van der Waals surface area contributed by atoms with Crippen LogP contribution in [0.3, 0.4) is 0 Å². The lowest BCUT2D eigenvalue weighted by Crippen LogP contribution is -2.60. The maximum absolute atomic E-state index is 13.7. The Kier molecular flexibility index (Phi) is 10.1. The van der Waals surface area contributed by atoms with Crippen LogP contribution in [-0.4, -0.2) is 74.0 Å². The molecule has 2 fully saturated rings. The highest BCUT2D eigenvalue weighted by Crippen LogP contribution is 2.37. The molecule has 0 saturated carbocycles. The quantitative estimate of drug-likeness (QED) is 0.609. The second-order valence-corrected chi connectivity index (χ2v) is 12.0. The number of nitrogens with one attached hydrogen (secondary N) is 1. The van der Waals surface area contributed by atoms with Crippen LogP contribution in [0.5, 0.6) is 11.5 Å². The van der Waals surface area contributed by atoms with Gasteiger partial charge in [-0.2, -0.15) is 0 Å². The summed E-state index contributed by atoms with van der Waals surface area (Å²) in [5.74, 6) is 2.95. The molecule has 4 bridgehead atoms. The molecular weight excluding hydrogens is 494 g/mol. The number of carbonyl (C=O) groups excluding carboxylic acids is 3. The molecule has 8 nitrogen and oxygen atoms in total. The van der Waals surface area contributed by atoms with E-state index in [1.54, 1.807) is 14.2 Å². The number of carbonyl (C=O) groups is 3. The summed E-state index contributed by atoms with van der Waals surface area (Å²) in [6, 6.07) is 4.16. The fourth-order valence-electron chi connectivity index (χ4n) is 6.68. The van der Waals surface area contributed by atoms with Gasteiger partial charge in [-0.3, -0.25) is 14.4 Å². The van der Waals surface area contributed by atoms with E-state index in [2.05, 4.69) is 35.0 Å². The summed E-state index contributed by atoms with van der Waals surface area (Å²) in [4.78, 5) is 43.5. The minimum atomic E-state index is 0.0566. The van der Waals surface area contributed by atoms with Crippen molar-refractivity contribution in [3.8, 4) is 11.5 Å². The number of rotatable bonds is 5. The van der Waals surface area contributed by atoms with Crippen molar-refractivity contribution in [1.29, 1.82) is 0 Å². The fraction of sp³-hybridized carbons (Fsp3) is 0.710. The van der Waals surface area contributed by atoms with Gasteiger partial charge in [0, 0.05) is 51.5 Å². The van der Waals surface area contributed by atoms with Crippen LogP contribution in [-0.2, 0) is 27.2 Å². The second kappa shape index (κ2) is 13.5. The zero-order chi connectivity index (χ0) is 27.9. The third kappa shape index (κ3) is 7.46. The van der Waals surface area contributed by atoms with Crippen LogP contribution >= 0.6 is 0 Å². The van der Waals surface area contributed by atoms with Gasteiger partial charge in [-0.05, 0) is 79.9 Å². The van der Waals surface area contributed by atoms with Gasteiger partial charge in [-0.25, -0.2) is 0 Å². The highest BCUT2D eigenvalue weighted by Gasteiger charge is 2.43. The normalized spacial score (nSPS) is 24.7. The molecule has 0 unspecified atom stereocenters. The number of amides is 3. The molecule has 0 aromatic heterocycles. The Morgan fingerprint density at radius 2 is 1.85 bits per heavy atom. The molecule has 2 saturated heterocycles. The van der Waals surface area contributed by atoms with Crippen molar-refractivity contribution in [2.24, 2.45) is 17.8 Å². The zero-order valence-electron chi connectivity index (χ0n) is 24.3. The van der Waals surface area contributed by atoms with Crippen molar-refractivity contribution in [1.82, 2.24) is 15.1 Å². The largest absolute Gasteiger partial charge is 0.493 e. The molecule has 3 amide bonds. The van der Waals surface area contributed by atoms with Crippen molar-refractivity contribution in [2.45, 2.75) is 84.1 Å². The van der Waals surface area contributed by atoms with Crippen molar-refractivity contribution < 1.29 is 23.9 Å². The smallest absolute Gasteiger partial charge is 0.223 e. The summed E-state index contributed by atoms with van der Waals surface area (Å²) in [5.41, 5.74) is 2.09. The van der Waals surface area contributed by atoms with E-state index in [9.17, 15) is 14.4 Å². The lowest BCUT2D eigenvalue weighted by molar-refractivity contribution is -0.145. The zero-order valence-corrected chi connectivity index (χ0v) is 24.3. The molecule has 216 valence electrons. The third-order valence-corrected chi connectivity index (χ3v) is 8.67. The van der Waals surface area contributed by atoms with E-state index in [1.807, 2.05) is 6.07 Å². The number of hydrogen-bond donors (Lipinski definition) is 1. The summed E-state index contributed by atoms with van der Waals surface area (Å²) >= 11 is 0. The monoisotopic (exact) mass is 541 g/mol. The predicted octanol–water partition coefficient (Wildman–Crippen LogP) is 3.98. The van der Waals surface area contributed by atoms with Crippen molar-refractivity contribution in [2.75, 3.05) is 40.4 Å². The molecule has 0 spiro atoms. The number of fused-ring (bicyclic) bond motifs is 6. The maximum Gasteiger partial charge on any atom is 0.223 e. The Labute approximate surface area is 233 Å². The van der Waals surface area contributed by atoms with E-state index >= 15 is 0 Å². The van der Waals surface area contributed by atoms with E-state index in [4.69, 9.17) is 9.47 Å². The minimum Gasteiger partial charge on any atom is -0.493 e. The third-order valence-electron chi connectivity index (χ3n) is 8.67. The highest BCUT2D eigenvalue weighted by atomic mass is 16.5. The molecule has 0 aliphatic carbocycles. The Bertz CT molecular complexity index is 1030. The molecule has 3 aliphatic heterocycles. The van der Waals surface area contributed by atoms with Crippen LogP contribution in [0.1, 0.15) is 76.3 Å². The number of piperidine rings is 2. The van der Waals surface area contributed by atoms with Gasteiger partial charge in [-0.15, -0.1) is 0 Å². The number of benzene rings is 1. The van der Waals surface area contributed by atoms with E-state index in [0.29, 0.717) is 62.9 Å². The molecule has 3 atom stereocenters. The van der Waals surface area contributed by atoms with Crippen LogP contribution in [0.15, 0.2) is 12.1 Å². The van der Waals surface area contributed by atoms with E-state index in [-0.39, 0.29) is 29.7 Å². The number of aryl methyl sites for hydroxylation is 2. The molecule has 0 radical (unpaired) electrons. The van der Waals surface area contributed by atoms with Gasteiger partial charge in [-0.1, -0.05) is 19.9 Å². The highest BCUT2D eigenvalue weighted by molar-refractivity contribution is 5.78. The molecule has 8 heteroatoms. The molecular formula is C31H47N3O5. The number of hydrogen-bond acceptors (Lipinski definition) is 5. The second-order valence-electron chi connectivity index (χ2n) is 12.0. The molecule has 3 heterocycles. The lowest BCUT2D eigenvalue weighted by Gasteiger charge is -2.51. The van der Waals surface area contributed by atoms with Crippen molar-refractivity contribution in [3.63, 3.8) is 0 Å². The van der Waals surface area contributed by atoms with Crippen molar-refractivity contribution >= 4 is 17.7 Å². The summed E-state index contributed by atoms with van der Waals surface area (Å²) in [5, 5.41) is 3.06. The van der Waals surface area contributed by atoms with Crippen LogP contribution in [0.25, 0.3) is 0 Å². The summed E-state index contributed by atoms with van der Waals surface area (Å²) in [7, 11) is 3.28. The van der Waals surface area contributed by atoms with Gasteiger partial charge >= 0.3 is 0 Å². The first-order valence-corrected chi connectivity index (χ1v) is 14.9. The minimum absolute atomic E-state index is 0.0566. The number of methoxy groups -OCH3 is 2. The molecule has 1 N–H and O–H groups in total. The lowest BCUT2D eigenvalue weighted by atomic mass is 9.77. The molecule has 3 aliphatic rings. The van der Waals surface area contributed by atoms with E-state index in [1.165, 1.54) is 0 Å². The summed E-state index contributed by atoms with van der Waals surface area (Å²) < 4.78 is 11.3. The SMILES string of the molecule is COc1cc2cc(c1OC)CCCNC(=O)CCC[C@H]1[C@H]3C[C@@H](CN(C(=O)CCC(C)C)C3)CN1C(=O)CC2. The molecule has 1 aromatic rings. The summed E-state index contributed by atoms with van der Waals surface area (Å²) in [6.07, 6.45) is 7.18. The van der Waals surface area contributed by atoms with E-state index < -0.39 is 0 Å². The summed E-state index contributed by atoms with van der Waals surface area (Å²) in [6.45, 7) is 7.06. The first-order valence-electron chi connectivity index (χ1n) is 14.9. The fourth-order valence-corrected chi connectivity index (χ4v) is 6.68. The molecule has 1 aromatic carbocycles. The Hall–Kier alpha value is -2.77.